The van der Waals surface area contributed by atoms with Crippen molar-refractivity contribution in [3.63, 3.8) is 0 Å². The van der Waals surface area contributed by atoms with Crippen molar-refractivity contribution in [1.82, 2.24) is 0 Å². The minimum Gasteiger partial charge on any atom is -0.485 e. The normalized spacial score (nSPS) is 10.2. The fourth-order valence-electron chi connectivity index (χ4n) is 2.16. The van der Waals surface area contributed by atoms with Crippen molar-refractivity contribution in [3.05, 3.63) is 94.5 Å². The highest BCUT2D eigenvalue weighted by atomic mass is 16.6. The topological polar surface area (TPSA) is 61.6 Å². The number of non-ortho nitro benzene ring substituents is 1. The lowest BCUT2D eigenvalue weighted by Gasteiger charge is -2.12. The van der Waals surface area contributed by atoms with Gasteiger partial charge in [0.2, 0.25) is 0 Å². The predicted molar refractivity (Wildman–Crippen MR) is 90.4 cm³/mol. The van der Waals surface area contributed by atoms with Crippen LogP contribution in [0.25, 0.3) is 0 Å². The Morgan fingerprint density at radius 2 is 1.50 bits per heavy atom. The molecule has 24 heavy (non-hydrogen) atoms. The number of hydrogen-bond acceptors (Lipinski definition) is 4. The number of rotatable bonds is 6. The third kappa shape index (κ3) is 3.89. The van der Waals surface area contributed by atoms with Crippen molar-refractivity contribution in [3.8, 4) is 17.2 Å². The summed E-state index contributed by atoms with van der Waals surface area (Å²) in [5.74, 6) is 1.40. The van der Waals surface area contributed by atoms with Gasteiger partial charge in [-0.15, -0.1) is 0 Å². The summed E-state index contributed by atoms with van der Waals surface area (Å²) in [6.45, 7) is 0.299. The van der Waals surface area contributed by atoms with E-state index >= 15 is 0 Å². The highest BCUT2D eigenvalue weighted by Crippen LogP contribution is 2.35. The zero-order chi connectivity index (χ0) is 16.8. The Balaban J connectivity index is 1.85. The molecule has 0 N–H and O–H groups in total. The number of para-hydroxylation sites is 1. The van der Waals surface area contributed by atoms with Crippen LogP contribution in [0.15, 0.2) is 78.9 Å². The van der Waals surface area contributed by atoms with E-state index in [2.05, 4.69) is 0 Å². The van der Waals surface area contributed by atoms with Crippen molar-refractivity contribution >= 4 is 5.69 Å². The first-order chi connectivity index (χ1) is 11.7. The van der Waals surface area contributed by atoms with Crippen LogP contribution in [0.1, 0.15) is 5.56 Å². The lowest BCUT2D eigenvalue weighted by Crippen LogP contribution is -1.98. The molecule has 0 aliphatic rings. The summed E-state index contributed by atoms with van der Waals surface area (Å²) in [5.41, 5.74) is 0.924. The van der Waals surface area contributed by atoms with Crippen LogP contribution in [0.3, 0.4) is 0 Å². The molecule has 5 heteroatoms. The molecule has 0 aliphatic heterocycles. The first-order valence-corrected chi connectivity index (χ1v) is 7.40. The molecule has 0 spiro atoms. The Morgan fingerprint density at radius 3 is 2.17 bits per heavy atom. The van der Waals surface area contributed by atoms with Crippen LogP contribution in [0, 0.1) is 10.1 Å². The predicted octanol–water partition coefficient (Wildman–Crippen LogP) is 4.97. The quantitative estimate of drug-likeness (QED) is 0.475. The molecule has 0 unspecified atom stereocenters. The lowest BCUT2D eigenvalue weighted by atomic mass is 10.2. The van der Waals surface area contributed by atoms with Gasteiger partial charge in [-0.05, 0) is 23.8 Å². The van der Waals surface area contributed by atoms with Crippen molar-refractivity contribution < 1.29 is 14.4 Å². The maximum Gasteiger partial charge on any atom is 0.273 e. The van der Waals surface area contributed by atoms with Crippen LogP contribution >= 0.6 is 0 Å². The summed E-state index contributed by atoms with van der Waals surface area (Å²) >= 11 is 0. The van der Waals surface area contributed by atoms with E-state index in [1.165, 1.54) is 12.1 Å². The van der Waals surface area contributed by atoms with E-state index in [1.807, 2.05) is 60.7 Å². The highest BCUT2D eigenvalue weighted by molar-refractivity contribution is 5.50. The lowest BCUT2D eigenvalue weighted by molar-refractivity contribution is -0.385. The molecule has 0 saturated carbocycles. The Hall–Kier alpha value is -3.34. The summed E-state index contributed by atoms with van der Waals surface area (Å²) < 4.78 is 11.5. The Kier molecular flexibility index (Phi) is 4.72. The molecular weight excluding hydrogens is 306 g/mol. The molecule has 0 aliphatic carbocycles. The number of ether oxygens (including phenoxy) is 2. The molecule has 0 radical (unpaired) electrons. The van der Waals surface area contributed by atoms with Gasteiger partial charge >= 0.3 is 0 Å². The van der Waals surface area contributed by atoms with Crippen molar-refractivity contribution in [2.45, 2.75) is 6.61 Å². The maximum absolute atomic E-state index is 11.0. The molecule has 3 aromatic carbocycles. The Bertz CT molecular complexity index is 819. The van der Waals surface area contributed by atoms with Gasteiger partial charge in [0.25, 0.3) is 5.69 Å². The molecule has 5 nitrogen and oxygen atoms in total. The van der Waals surface area contributed by atoms with Crippen LogP contribution in [0.2, 0.25) is 0 Å². The van der Waals surface area contributed by atoms with E-state index in [-0.39, 0.29) is 5.69 Å². The molecule has 0 heterocycles. The maximum atomic E-state index is 11.0. The second kappa shape index (κ2) is 7.28. The van der Waals surface area contributed by atoms with E-state index in [0.29, 0.717) is 23.9 Å². The average molecular weight is 321 g/mol. The molecule has 3 rings (SSSR count). The first kappa shape index (κ1) is 15.6. The zero-order valence-electron chi connectivity index (χ0n) is 12.8. The van der Waals surface area contributed by atoms with Gasteiger partial charge in [-0.3, -0.25) is 10.1 Å². The summed E-state index contributed by atoms with van der Waals surface area (Å²) in [5, 5.41) is 11.0. The molecule has 0 amide bonds. The Labute approximate surface area is 139 Å². The number of nitrogens with zero attached hydrogens (tertiary/aromatic N) is 1. The number of hydrogen-bond donors (Lipinski definition) is 0. The second-order valence-corrected chi connectivity index (χ2v) is 5.08. The zero-order valence-corrected chi connectivity index (χ0v) is 12.8. The van der Waals surface area contributed by atoms with Crippen LogP contribution in [-0.2, 0) is 6.61 Å². The van der Waals surface area contributed by atoms with Crippen molar-refractivity contribution in [2.75, 3.05) is 0 Å². The number of benzene rings is 3. The van der Waals surface area contributed by atoms with E-state index in [9.17, 15) is 10.1 Å². The standard InChI is InChI=1S/C19H15NO4/c21-20(22)16-11-12-18(24-17-9-5-2-6-10-17)19(13-16)23-14-15-7-3-1-4-8-15/h1-13H,14H2. The van der Waals surface area contributed by atoms with E-state index in [4.69, 9.17) is 9.47 Å². The SMILES string of the molecule is O=[N+]([O-])c1ccc(Oc2ccccc2)c(OCc2ccccc2)c1. The molecule has 0 aromatic heterocycles. The highest BCUT2D eigenvalue weighted by Gasteiger charge is 2.14. The van der Waals surface area contributed by atoms with Crippen molar-refractivity contribution in [1.29, 1.82) is 0 Å². The molecule has 0 fully saturated rings. The van der Waals surface area contributed by atoms with Gasteiger partial charge in [0.05, 0.1) is 11.0 Å². The van der Waals surface area contributed by atoms with E-state index in [1.54, 1.807) is 6.07 Å². The third-order valence-electron chi connectivity index (χ3n) is 3.35. The van der Waals surface area contributed by atoms with Gasteiger partial charge < -0.3 is 9.47 Å². The van der Waals surface area contributed by atoms with Crippen LogP contribution in [0.5, 0.6) is 17.2 Å². The second-order valence-electron chi connectivity index (χ2n) is 5.08. The monoisotopic (exact) mass is 321 g/mol. The van der Waals surface area contributed by atoms with E-state index in [0.717, 1.165) is 5.56 Å². The number of nitro groups is 1. The fraction of sp³-hybridized carbons (Fsp3) is 0.0526. The van der Waals surface area contributed by atoms with Gasteiger partial charge in [-0.2, -0.15) is 0 Å². The molecule has 3 aromatic rings. The number of nitro benzene ring substituents is 1. The van der Waals surface area contributed by atoms with E-state index < -0.39 is 4.92 Å². The fourth-order valence-corrected chi connectivity index (χ4v) is 2.16. The molecule has 0 saturated heterocycles. The van der Waals surface area contributed by atoms with Gasteiger partial charge in [0.15, 0.2) is 11.5 Å². The van der Waals surface area contributed by atoms with Gasteiger partial charge in [-0.1, -0.05) is 48.5 Å². The summed E-state index contributed by atoms with van der Waals surface area (Å²) in [6, 6.07) is 23.1. The van der Waals surface area contributed by atoms with Gasteiger partial charge in [0, 0.05) is 6.07 Å². The minimum atomic E-state index is -0.457. The largest absolute Gasteiger partial charge is 0.485 e. The minimum absolute atomic E-state index is 0.0431. The van der Waals surface area contributed by atoms with Crippen LogP contribution < -0.4 is 9.47 Å². The molecule has 120 valence electrons. The van der Waals surface area contributed by atoms with Crippen LogP contribution in [0.4, 0.5) is 5.69 Å². The summed E-state index contributed by atoms with van der Waals surface area (Å²) in [6.07, 6.45) is 0. The van der Waals surface area contributed by atoms with Crippen molar-refractivity contribution in [2.24, 2.45) is 0 Å². The first-order valence-electron chi connectivity index (χ1n) is 7.40. The summed E-state index contributed by atoms with van der Waals surface area (Å²) in [7, 11) is 0. The Morgan fingerprint density at radius 1 is 0.833 bits per heavy atom. The third-order valence-corrected chi connectivity index (χ3v) is 3.35. The van der Waals surface area contributed by atoms with Gasteiger partial charge in [-0.25, -0.2) is 0 Å². The van der Waals surface area contributed by atoms with Gasteiger partial charge in [0.1, 0.15) is 12.4 Å². The summed E-state index contributed by atoms with van der Waals surface area (Å²) in [4.78, 5) is 10.5. The molecule has 0 atom stereocenters. The van der Waals surface area contributed by atoms with Crippen LogP contribution in [-0.4, -0.2) is 4.92 Å². The molecular formula is C19H15NO4. The smallest absolute Gasteiger partial charge is 0.273 e. The average Bonchev–Trinajstić information content (AvgIpc) is 2.62. The molecule has 0 bridgehead atoms.